The number of rotatable bonds is 6. The zero-order valence-corrected chi connectivity index (χ0v) is 16.4. The van der Waals surface area contributed by atoms with E-state index in [1.54, 1.807) is 7.05 Å². The monoisotopic (exact) mass is 433 g/mol. The zero-order valence-electron chi connectivity index (χ0n) is 13.3. The van der Waals surface area contributed by atoms with Crippen LogP contribution in [0.1, 0.15) is 22.2 Å². The molecule has 0 aliphatic heterocycles. The van der Waals surface area contributed by atoms with Gasteiger partial charge in [-0.25, -0.2) is 0 Å². The lowest BCUT2D eigenvalue weighted by atomic mass is 10.2. The first-order chi connectivity index (χ1) is 10.2. The van der Waals surface area contributed by atoms with Crippen LogP contribution < -0.4 is 10.6 Å². The fourth-order valence-electron chi connectivity index (χ4n) is 2.03. The first-order valence-corrected chi connectivity index (χ1v) is 8.02. The van der Waals surface area contributed by atoms with Gasteiger partial charge in [0.15, 0.2) is 5.96 Å². The van der Waals surface area contributed by atoms with E-state index in [0.29, 0.717) is 0 Å². The van der Waals surface area contributed by atoms with Gasteiger partial charge in [0.2, 0.25) is 0 Å². The highest BCUT2D eigenvalue weighted by molar-refractivity contribution is 14.0. The van der Waals surface area contributed by atoms with E-state index >= 15 is 0 Å². The van der Waals surface area contributed by atoms with Crippen molar-refractivity contribution in [3.05, 3.63) is 39.8 Å². The Bertz CT molecular complexity index is 590. The molecule has 2 rings (SSSR count). The summed E-state index contributed by atoms with van der Waals surface area (Å²) in [5.74, 6) is 0.838. The molecular weight excluding hydrogens is 409 g/mol. The molecule has 2 aromatic heterocycles. The molecule has 0 radical (unpaired) electrons. The molecule has 0 aliphatic rings. The van der Waals surface area contributed by atoms with Crippen LogP contribution in [0.25, 0.3) is 0 Å². The molecule has 122 valence electrons. The summed E-state index contributed by atoms with van der Waals surface area (Å²) in [5.41, 5.74) is 1.23. The van der Waals surface area contributed by atoms with Gasteiger partial charge in [0, 0.05) is 36.6 Å². The third kappa shape index (κ3) is 5.96. The normalized spacial score (nSPS) is 11.1. The Morgan fingerprint density at radius 3 is 2.68 bits per heavy atom. The Hall–Kier alpha value is -1.09. The van der Waals surface area contributed by atoms with Gasteiger partial charge >= 0.3 is 0 Å². The van der Waals surface area contributed by atoms with E-state index in [2.05, 4.69) is 39.8 Å². The maximum atomic E-state index is 4.24. The molecule has 0 saturated carbocycles. The van der Waals surface area contributed by atoms with Gasteiger partial charge in [0.25, 0.3) is 0 Å². The molecule has 2 heterocycles. The number of halogens is 1. The summed E-state index contributed by atoms with van der Waals surface area (Å²) in [6.07, 6.45) is 5.97. The quantitative estimate of drug-likeness (QED) is 0.419. The molecule has 0 saturated heterocycles. The zero-order chi connectivity index (χ0) is 15.1. The third-order valence-corrected chi connectivity index (χ3v) is 4.41. The van der Waals surface area contributed by atoms with Crippen LogP contribution in [-0.4, -0.2) is 29.3 Å². The van der Waals surface area contributed by atoms with Crippen LogP contribution in [0.15, 0.2) is 29.5 Å². The summed E-state index contributed by atoms with van der Waals surface area (Å²) in [6, 6.07) is 4.37. The third-order valence-electron chi connectivity index (χ3n) is 3.18. The van der Waals surface area contributed by atoms with E-state index in [9.17, 15) is 0 Å². The van der Waals surface area contributed by atoms with Crippen molar-refractivity contribution in [2.75, 3.05) is 13.6 Å². The predicted octanol–water partition coefficient (Wildman–Crippen LogP) is 2.57. The van der Waals surface area contributed by atoms with E-state index in [-0.39, 0.29) is 24.0 Å². The Morgan fingerprint density at radius 1 is 1.32 bits per heavy atom. The fraction of sp³-hybridized carbons (Fsp3) is 0.467. The maximum Gasteiger partial charge on any atom is 0.191 e. The number of hydrogen-bond donors (Lipinski definition) is 2. The molecule has 0 spiro atoms. The first kappa shape index (κ1) is 19.0. The first-order valence-electron chi connectivity index (χ1n) is 7.21. The van der Waals surface area contributed by atoms with E-state index in [4.69, 9.17) is 0 Å². The molecule has 5 nitrogen and oxygen atoms in total. The lowest BCUT2D eigenvalue weighted by Crippen LogP contribution is -2.37. The minimum absolute atomic E-state index is 0. The van der Waals surface area contributed by atoms with Gasteiger partial charge in [-0.05, 0) is 30.5 Å². The van der Waals surface area contributed by atoms with Gasteiger partial charge < -0.3 is 10.6 Å². The van der Waals surface area contributed by atoms with Crippen LogP contribution >= 0.6 is 35.3 Å². The van der Waals surface area contributed by atoms with Crippen molar-refractivity contribution in [2.45, 2.75) is 26.3 Å². The second-order valence-corrected chi connectivity index (χ2v) is 6.10. The topological polar surface area (TPSA) is 54.2 Å². The van der Waals surface area contributed by atoms with Crippen LogP contribution in [0.2, 0.25) is 0 Å². The maximum absolute atomic E-state index is 4.24. The van der Waals surface area contributed by atoms with Gasteiger partial charge in [0.1, 0.15) is 0 Å². The average Bonchev–Trinajstić information content (AvgIpc) is 3.11. The van der Waals surface area contributed by atoms with Crippen molar-refractivity contribution < 1.29 is 0 Å². The lowest BCUT2D eigenvalue weighted by Gasteiger charge is -2.10. The van der Waals surface area contributed by atoms with Gasteiger partial charge in [-0.1, -0.05) is 6.92 Å². The summed E-state index contributed by atoms with van der Waals surface area (Å²) in [4.78, 5) is 7.00. The molecule has 22 heavy (non-hydrogen) atoms. The van der Waals surface area contributed by atoms with Crippen molar-refractivity contribution >= 4 is 41.3 Å². The number of nitrogens with zero attached hydrogens (tertiary/aromatic N) is 3. The molecule has 0 bridgehead atoms. The van der Waals surface area contributed by atoms with E-state index in [0.717, 1.165) is 31.9 Å². The number of aromatic nitrogens is 2. The van der Waals surface area contributed by atoms with Crippen molar-refractivity contribution in [1.82, 2.24) is 20.4 Å². The average molecular weight is 433 g/mol. The molecule has 0 fully saturated rings. The van der Waals surface area contributed by atoms with Crippen LogP contribution in [0, 0.1) is 0 Å². The Kier molecular flexibility index (Phi) is 8.47. The fourth-order valence-corrected chi connectivity index (χ4v) is 2.92. The predicted molar refractivity (Wildman–Crippen MR) is 104 cm³/mol. The standard InChI is InChI=1S/C15H23N5S.HI/c1-4-13-5-6-14(21-13)10-18-15(16-2)17-8-7-12-9-19-20(3)11-12;/h5-6,9,11H,4,7-8,10H2,1-3H3,(H2,16,17,18);1H. The molecule has 2 N–H and O–H groups in total. The summed E-state index contributed by atoms with van der Waals surface area (Å²) in [7, 11) is 3.73. The molecule has 0 aromatic carbocycles. The molecule has 0 unspecified atom stereocenters. The molecule has 2 aromatic rings. The van der Waals surface area contributed by atoms with Crippen molar-refractivity contribution in [3.8, 4) is 0 Å². The largest absolute Gasteiger partial charge is 0.356 e. The smallest absolute Gasteiger partial charge is 0.191 e. The Balaban J connectivity index is 0.00000242. The van der Waals surface area contributed by atoms with Crippen LogP contribution in [-0.2, 0) is 26.4 Å². The van der Waals surface area contributed by atoms with Crippen molar-refractivity contribution in [3.63, 3.8) is 0 Å². The van der Waals surface area contributed by atoms with Crippen LogP contribution in [0.4, 0.5) is 0 Å². The van der Waals surface area contributed by atoms with E-state index < -0.39 is 0 Å². The molecule has 0 aliphatic carbocycles. The summed E-state index contributed by atoms with van der Waals surface area (Å²) in [6.45, 7) is 3.84. The Labute approximate surface area is 153 Å². The number of aryl methyl sites for hydroxylation is 2. The minimum atomic E-state index is 0. The summed E-state index contributed by atoms with van der Waals surface area (Å²) in [5, 5.41) is 10.8. The minimum Gasteiger partial charge on any atom is -0.356 e. The lowest BCUT2D eigenvalue weighted by molar-refractivity contribution is 0.765. The van der Waals surface area contributed by atoms with Gasteiger partial charge in [-0.15, -0.1) is 35.3 Å². The highest BCUT2D eigenvalue weighted by Crippen LogP contribution is 2.16. The van der Waals surface area contributed by atoms with Gasteiger partial charge in [-0.3, -0.25) is 9.67 Å². The van der Waals surface area contributed by atoms with Crippen LogP contribution in [0.5, 0.6) is 0 Å². The molecule has 0 amide bonds. The second kappa shape index (κ2) is 9.83. The number of aliphatic imine (C=N–C) groups is 1. The Morgan fingerprint density at radius 2 is 2.09 bits per heavy atom. The van der Waals surface area contributed by atoms with E-state index in [1.165, 1.54) is 15.3 Å². The number of hydrogen-bond acceptors (Lipinski definition) is 3. The van der Waals surface area contributed by atoms with Crippen LogP contribution in [0.3, 0.4) is 0 Å². The number of thiophene rings is 1. The molecule has 0 atom stereocenters. The number of guanidine groups is 1. The molecule has 7 heteroatoms. The summed E-state index contributed by atoms with van der Waals surface area (Å²) >= 11 is 1.85. The van der Waals surface area contributed by atoms with Gasteiger partial charge in [-0.2, -0.15) is 5.10 Å². The van der Waals surface area contributed by atoms with E-state index in [1.807, 2.05) is 35.5 Å². The highest BCUT2D eigenvalue weighted by Gasteiger charge is 2.02. The SMILES string of the molecule is CCc1ccc(CNC(=NC)NCCc2cnn(C)c2)s1.I. The van der Waals surface area contributed by atoms with Gasteiger partial charge in [0.05, 0.1) is 12.7 Å². The highest BCUT2D eigenvalue weighted by atomic mass is 127. The van der Waals surface area contributed by atoms with Crippen molar-refractivity contribution in [1.29, 1.82) is 0 Å². The van der Waals surface area contributed by atoms with Crippen molar-refractivity contribution in [2.24, 2.45) is 12.0 Å². The molecular formula is C15H24IN5S. The summed E-state index contributed by atoms with van der Waals surface area (Å²) < 4.78 is 1.82. The second-order valence-electron chi connectivity index (χ2n) is 4.85. The number of nitrogens with one attached hydrogen (secondary N) is 2.